The third-order valence-electron chi connectivity index (χ3n) is 5.56. The van der Waals surface area contributed by atoms with E-state index in [9.17, 15) is 9.59 Å². The van der Waals surface area contributed by atoms with E-state index in [2.05, 4.69) is 41.8 Å². The normalized spacial score (nSPS) is 19.5. The van der Waals surface area contributed by atoms with Gasteiger partial charge in [0.2, 0.25) is 11.8 Å². The Bertz CT molecular complexity index is 799. The second-order valence-electron chi connectivity index (χ2n) is 8.00. The van der Waals surface area contributed by atoms with E-state index >= 15 is 0 Å². The first-order valence-corrected chi connectivity index (χ1v) is 11.0. The molecule has 1 aliphatic heterocycles. The van der Waals surface area contributed by atoms with Crippen molar-refractivity contribution in [1.29, 1.82) is 0 Å². The van der Waals surface area contributed by atoms with Crippen LogP contribution in [-0.4, -0.2) is 48.8 Å². The Hall–Kier alpha value is -2.14. The average molecular weight is 399 g/mol. The van der Waals surface area contributed by atoms with Gasteiger partial charge in [-0.25, -0.2) is 0 Å². The number of carbonyl (C=O) groups is 2. The summed E-state index contributed by atoms with van der Waals surface area (Å²) in [6.07, 6.45) is 3.77. The van der Waals surface area contributed by atoms with Crippen LogP contribution in [0.5, 0.6) is 0 Å². The molecule has 1 saturated heterocycles. The molecule has 1 aromatic carbocycles. The lowest BCUT2D eigenvalue weighted by Gasteiger charge is -2.43. The Morgan fingerprint density at radius 2 is 1.93 bits per heavy atom. The van der Waals surface area contributed by atoms with E-state index in [-0.39, 0.29) is 11.8 Å². The predicted octanol–water partition coefficient (Wildman–Crippen LogP) is 4.45. The van der Waals surface area contributed by atoms with Gasteiger partial charge >= 0.3 is 0 Å². The van der Waals surface area contributed by atoms with Crippen LogP contribution >= 0.6 is 11.3 Å². The van der Waals surface area contributed by atoms with Crippen LogP contribution in [0.1, 0.15) is 38.2 Å². The third kappa shape index (κ3) is 4.46. The number of hydrogen-bond donors (Lipinski definition) is 0. The molecule has 4 nitrogen and oxygen atoms in total. The summed E-state index contributed by atoms with van der Waals surface area (Å²) >= 11 is 1.73. The predicted molar refractivity (Wildman–Crippen MR) is 115 cm³/mol. The average Bonchev–Trinajstić information content (AvgIpc) is 3.23. The summed E-state index contributed by atoms with van der Waals surface area (Å²) in [4.78, 5) is 30.6. The largest absolute Gasteiger partial charge is 0.348 e. The van der Waals surface area contributed by atoms with Crippen molar-refractivity contribution in [3.8, 4) is 10.4 Å². The molecule has 2 aromatic rings. The van der Waals surface area contributed by atoms with Crippen molar-refractivity contribution in [3.05, 3.63) is 47.3 Å². The van der Waals surface area contributed by atoms with Crippen molar-refractivity contribution in [2.24, 2.45) is 5.41 Å². The lowest BCUT2D eigenvalue weighted by atomic mass is 9.73. The highest BCUT2D eigenvalue weighted by atomic mass is 32.1. The van der Waals surface area contributed by atoms with E-state index in [1.807, 2.05) is 25.9 Å². The molecular weight excluding hydrogens is 368 g/mol. The highest BCUT2D eigenvalue weighted by Gasteiger charge is 2.44. The Labute approximate surface area is 172 Å². The lowest BCUT2D eigenvalue weighted by molar-refractivity contribution is -0.147. The smallest absolute Gasteiger partial charge is 0.230 e. The van der Waals surface area contributed by atoms with Crippen LogP contribution in [0.25, 0.3) is 10.4 Å². The zero-order valence-corrected chi connectivity index (χ0v) is 17.9. The first-order chi connectivity index (χ1) is 13.4. The molecule has 0 bridgehead atoms. The van der Waals surface area contributed by atoms with Gasteiger partial charge in [0.15, 0.2) is 0 Å². The van der Waals surface area contributed by atoms with Gasteiger partial charge < -0.3 is 9.80 Å². The summed E-state index contributed by atoms with van der Waals surface area (Å²) in [7, 11) is 3.63. The summed E-state index contributed by atoms with van der Waals surface area (Å²) in [6.45, 7) is 3.31. The number of piperidine rings is 1. The molecule has 1 aromatic heterocycles. The molecule has 150 valence electrons. The standard InChI is InChI=1S/C23H30N2O2S/c1-4-7-21(26)25-14-6-13-23(17-25,22(27)24(2)3)16-18-9-11-19(12-10-18)20-8-5-15-28-20/h5,8-12,15H,4,6-7,13-14,16-17H2,1-3H3/t23-/m1/s1. The molecule has 0 saturated carbocycles. The maximum atomic E-state index is 13.2. The van der Waals surface area contributed by atoms with Gasteiger partial charge in [-0.3, -0.25) is 9.59 Å². The van der Waals surface area contributed by atoms with Gasteiger partial charge in [0.05, 0.1) is 5.41 Å². The van der Waals surface area contributed by atoms with Crippen LogP contribution in [0, 0.1) is 5.41 Å². The SMILES string of the molecule is CCCC(=O)N1CCC[C@](Cc2ccc(-c3cccs3)cc2)(C(=O)N(C)C)C1. The first-order valence-electron chi connectivity index (χ1n) is 10.1. The number of likely N-dealkylation sites (tertiary alicyclic amines) is 1. The van der Waals surface area contributed by atoms with Gasteiger partial charge in [-0.1, -0.05) is 37.3 Å². The maximum absolute atomic E-state index is 13.2. The molecule has 2 heterocycles. The maximum Gasteiger partial charge on any atom is 0.230 e. The molecule has 1 aliphatic rings. The lowest BCUT2D eigenvalue weighted by Crippen LogP contribution is -2.54. The molecule has 28 heavy (non-hydrogen) atoms. The Kier molecular flexibility index (Phi) is 6.55. The van der Waals surface area contributed by atoms with Crippen molar-refractivity contribution >= 4 is 23.2 Å². The van der Waals surface area contributed by atoms with Crippen molar-refractivity contribution < 1.29 is 9.59 Å². The molecule has 0 spiro atoms. The molecule has 0 unspecified atom stereocenters. The summed E-state index contributed by atoms with van der Waals surface area (Å²) in [5, 5.41) is 2.08. The van der Waals surface area contributed by atoms with Gasteiger partial charge in [0, 0.05) is 38.5 Å². The summed E-state index contributed by atoms with van der Waals surface area (Å²) < 4.78 is 0. The van der Waals surface area contributed by atoms with Crippen molar-refractivity contribution in [2.45, 2.75) is 39.0 Å². The molecule has 3 rings (SSSR count). The van der Waals surface area contributed by atoms with E-state index in [0.29, 0.717) is 19.4 Å². The number of hydrogen-bond acceptors (Lipinski definition) is 3. The Morgan fingerprint density at radius 1 is 1.18 bits per heavy atom. The van der Waals surface area contributed by atoms with Crippen LogP contribution in [0.15, 0.2) is 41.8 Å². The number of nitrogens with zero attached hydrogens (tertiary/aromatic N) is 2. The monoisotopic (exact) mass is 398 g/mol. The second-order valence-corrected chi connectivity index (χ2v) is 8.95. The second kappa shape index (κ2) is 8.91. The summed E-state index contributed by atoms with van der Waals surface area (Å²) in [6, 6.07) is 12.7. The molecule has 2 amide bonds. The van der Waals surface area contributed by atoms with Gasteiger partial charge in [-0.15, -0.1) is 11.3 Å². The molecule has 1 atom stereocenters. The molecular formula is C23H30N2O2S. The fourth-order valence-electron chi connectivity index (χ4n) is 4.21. The number of benzene rings is 1. The topological polar surface area (TPSA) is 40.6 Å². The number of rotatable bonds is 6. The minimum Gasteiger partial charge on any atom is -0.348 e. The van der Waals surface area contributed by atoms with Crippen LogP contribution in [0.4, 0.5) is 0 Å². The van der Waals surface area contributed by atoms with E-state index in [4.69, 9.17) is 0 Å². The Balaban J connectivity index is 1.84. The molecule has 0 N–H and O–H groups in total. The van der Waals surface area contributed by atoms with Gasteiger partial charge in [-0.2, -0.15) is 0 Å². The fourth-order valence-corrected chi connectivity index (χ4v) is 4.94. The van der Waals surface area contributed by atoms with Crippen LogP contribution < -0.4 is 0 Å². The molecule has 0 radical (unpaired) electrons. The number of carbonyl (C=O) groups excluding carboxylic acids is 2. The van der Waals surface area contributed by atoms with Gasteiger partial charge in [-0.05, 0) is 48.3 Å². The van der Waals surface area contributed by atoms with E-state index in [1.54, 1.807) is 16.2 Å². The molecule has 1 fully saturated rings. The molecule has 0 aliphatic carbocycles. The van der Waals surface area contributed by atoms with Gasteiger partial charge in [0.25, 0.3) is 0 Å². The quantitative estimate of drug-likeness (QED) is 0.721. The summed E-state index contributed by atoms with van der Waals surface area (Å²) in [5.41, 5.74) is 1.82. The van der Waals surface area contributed by atoms with Crippen LogP contribution in [0.3, 0.4) is 0 Å². The van der Waals surface area contributed by atoms with E-state index < -0.39 is 5.41 Å². The zero-order chi connectivity index (χ0) is 20.1. The minimum absolute atomic E-state index is 0.129. The van der Waals surface area contributed by atoms with Crippen LogP contribution in [-0.2, 0) is 16.0 Å². The number of amides is 2. The highest BCUT2D eigenvalue weighted by Crippen LogP contribution is 2.36. The van der Waals surface area contributed by atoms with Crippen molar-refractivity contribution in [1.82, 2.24) is 9.80 Å². The van der Waals surface area contributed by atoms with Crippen molar-refractivity contribution in [3.63, 3.8) is 0 Å². The van der Waals surface area contributed by atoms with E-state index in [0.717, 1.165) is 31.4 Å². The van der Waals surface area contributed by atoms with Crippen LogP contribution in [0.2, 0.25) is 0 Å². The summed E-state index contributed by atoms with van der Waals surface area (Å²) in [5.74, 6) is 0.301. The van der Waals surface area contributed by atoms with E-state index in [1.165, 1.54) is 10.4 Å². The first kappa shape index (κ1) is 20.6. The third-order valence-corrected chi connectivity index (χ3v) is 6.47. The fraction of sp³-hybridized carbons (Fsp3) is 0.478. The zero-order valence-electron chi connectivity index (χ0n) is 17.1. The molecule has 5 heteroatoms. The van der Waals surface area contributed by atoms with Gasteiger partial charge in [0.1, 0.15) is 0 Å². The highest BCUT2D eigenvalue weighted by molar-refractivity contribution is 7.13. The van der Waals surface area contributed by atoms with Crippen molar-refractivity contribution in [2.75, 3.05) is 27.2 Å². The minimum atomic E-state index is -0.532. The Morgan fingerprint density at radius 3 is 2.54 bits per heavy atom. The number of thiophene rings is 1.